The van der Waals surface area contributed by atoms with Crippen LogP contribution >= 0.6 is 0 Å². The molecule has 0 spiro atoms. The van der Waals surface area contributed by atoms with Gasteiger partial charge in [0.2, 0.25) is 5.89 Å². The van der Waals surface area contributed by atoms with E-state index < -0.39 is 0 Å². The number of nitrogens with zero attached hydrogens (tertiary/aromatic N) is 3. The second kappa shape index (κ2) is 4.93. The molecule has 0 bridgehead atoms. The van der Waals surface area contributed by atoms with Crippen molar-refractivity contribution in [1.82, 2.24) is 15.0 Å². The molecule has 0 radical (unpaired) electrons. The lowest BCUT2D eigenvalue weighted by Crippen LogP contribution is -2.28. The van der Waals surface area contributed by atoms with Crippen LogP contribution in [0.5, 0.6) is 0 Å². The third-order valence-corrected chi connectivity index (χ3v) is 3.09. The van der Waals surface area contributed by atoms with Crippen LogP contribution in [0.4, 0.5) is 0 Å². The molecular formula is C11H20N4O. The molecule has 1 saturated heterocycles. The Labute approximate surface area is 96.0 Å². The molecule has 1 fully saturated rings. The van der Waals surface area contributed by atoms with Crippen LogP contribution in [0.3, 0.4) is 0 Å². The van der Waals surface area contributed by atoms with Crippen molar-refractivity contribution in [2.75, 3.05) is 13.1 Å². The predicted octanol–water partition coefficient (Wildman–Crippen LogP) is 0.801. The zero-order chi connectivity index (χ0) is 11.5. The molecule has 16 heavy (non-hydrogen) atoms. The second-order valence-electron chi connectivity index (χ2n) is 4.69. The Morgan fingerprint density at radius 2 is 2.31 bits per heavy atom. The standard InChI is InChI=1S/C11H20N4O/c1-3-4-11-13-10(14-16-11)7-15-5-8(2)9(12)6-15/h8-9H,3-7,12H2,1-2H3. The van der Waals surface area contributed by atoms with Crippen LogP contribution in [0, 0.1) is 5.92 Å². The molecule has 0 saturated carbocycles. The fourth-order valence-electron chi connectivity index (χ4n) is 2.09. The predicted molar refractivity (Wildman–Crippen MR) is 60.7 cm³/mol. The van der Waals surface area contributed by atoms with E-state index in [4.69, 9.17) is 10.3 Å². The van der Waals surface area contributed by atoms with Crippen molar-refractivity contribution in [2.45, 2.75) is 39.3 Å². The summed E-state index contributed by atoms with van der Waals surface area (Å²) in [5, 5.41) is 3.98. The average Bonchev–Trinajstić information content (AvgIpc) is 2.77. The number of hydrogen-bond donors (Lipinski definition) is 1. The Morgan fingerprint density at radius 1 is 1.50 bits per heavy atom. The molecule has 1 aliphatic rings. The Hall–Kier alpha value is -0.940. The van der Waals surface area contributed by atoms with Gasteiger partial charge in [-0.25, -0.2) is 0 Å². The molecule has 2 rings (SSSR count). The smallest absolute Gasteiger partial charge is 0.226 e. The van der Waals surface area contributed by atoms with E-state index in [1.165, 1.54) is 0 Å². The Bertz CT molecular complexity index is 328. The van der Waals surface area contributed by atoms with E-state index in [9.17, 15) is 0 Å². The SMILES string of the molecule is CCCc1nc(CN2CC(C)C(N)C2)no1. The third kappa shape index (κ3) is 2.59. The average molecular weight is 224 g/mol. The summed E-state index contributed by atoms with van der Waals surface area (Å²) in [6, 6.07) is 0.280. The number of likely N-dealkylation sites (tertiary alicyclic amines) is 1. The minimum Gasteiger partial charge on any atom is -0.339 e. The third-order valence-electron chi connectivity index (χ3n) is 3.09. The second-order valence-corrected chi connectivity index (χ2v) is 4.69. The highest BCUT2D eigenvalue weighted by molar-refractivity contribution is 4.90. The van der Waals surface area contributed by atoms with E-state index in [0.717, 1.165) is 44.2 Å². The minimum absolute atomic E-state index is 0.280. The van der Waals surface area contributed by atoms with Gasteiger partial charge in [-0.1, -0.05) is 19.0 Å². The van der Waals surface area contributed by atoms with E-state index in [-0.39, 0.29) is 6.04 Å². The number of aromatic nitrogens is 2. The van der Waals surface area contributed by atoms with Crippen LogP contribution in [0.2, 0.25) is 0 Å². The van der Waals surface area contributed by atoms with Gasteiger partial charge in [0, 0.05) is 25.6 Å². The minimum atomic E-state index is 0.280. The Kier molecular flexibility index (Phi) is 3.56. The van der Waals surface area contributed by atoms with Gasteiger partial charge in [0.15, 0.2) is 5.82 Å². The summed E-state index contributed by atoms with van der Waals surface area (Å²) in [5.74, 6) is 2.08. The molecule has 5 heteroatoms. The van der Waals surface area contributed by atoms with Crippen molar-refractivity contribution in [1.29, 1.82) is 0 Å². The molecule has 2 N–H and O–H groups in total. The molecule has 2 unspecified atom stereocenters. The lowest BCUT2D eigenvalue weighted by atomic mass is 10.1. The van der Waals surface area contributed by atoms with Crippen LogP contribution in [0.25, 0.3) is 0 Å². The van der Waals surface area contributed by atoms with Crippen molar-refractivity contribution in [3.63, 3.8) is 0 Å². The van der Waals surface area contributed by atoms with E-state index in [1.807, 2.05) is 0 Å². The molecule has 1 aromatic heterocycles. The highest BCUT2D eigenvalue weighted by Crippen LogP contribution is 2.16. The normalized spacial score (nSPS) is 26.4. The molecule has 1 aliphatic heterocycles. The van der Waals surface area contributed by atoms with E-state index >= 15 is 0 Å². The van der Waals surface area contributed by atoms with Gasteiger partial charge in [0.05, 0.1) is 6.54 Å². The maximum Gasteiger partial charge on any atom is 0.226 e. The van der Waals surface area contributed by atoms with Crippen molar-refractivity contribution < 1.29 is 4.52 Å². The summed E-state index contributed by atoms with van der Waals surface area (Å²) >= 11 is 0. The van der Waals surface area contributed by atoms with E-state index in [2.05, 4.69) is 28.9 Å². The van der Waals surface area contributed by atoms with Crippen LogP contribution in [-0.4, -0.2) is 34.2 Å². The summed E-state index contributed by atoms with van der Waals surface area (Å²) < 4.78 is 5.15. The molecule has 0 aliphatic carbocycles. The molecule has 0 amide bonds. The van der Waals surface area contributed by atoms with Gasteiger partial charge in [-0.3, -0.25) is 4.90 Å². The van der Waals surface area contributed by atoms with Gasteiger partial charge >= 0.3 is 0 Å². The van der Waals surface area contributed by atoms with Gasteiger partial charge in [-0.15, -0.1) is 0 Å². The van der Waals surface area contributed by atoms with E-state index in [0.29, 0.717) is 5.92 Å². The zero-order valence-electron chi connectivity index (χ0n) is 10.0. The number of aryl methyl sites for hydroxylation is 1. The van der Waals surface area contributed by atoms with Crippen molar-refractivity contribution >= 4 is 0 Å². The van der Waals surface area contributed by atoms with Crippen LogP contribution < -0.4 is 5.73 Å². The summed E-state index contributed by atoms with van der Waals surface area (Å²) in [6.45, 7) is 7.00. The van der Waals surface area contributed by atoms with E-state index in [1.54, 1.807) is 0 Å². The first-order chi connectivity index (χ1) is 7.69. The maximum absolute atomic E-state index is 5.97. The van der Waals surface area contributed by atoms with Gasteiger partial charge in [0.1, 0.15) is 0 Å². The summed E-state index contributed by atoms with van der Waals surface area (Å²) in [5.41, 5.74) is 5.97. The molecule has 5 nitrogen and oxygen atoms in total. The first-order valence-electron chi connectivity index (χ1n) is 5.98. The zero-order valence-corrected chi connectivity index (χ0v) is 10.0. The molecule has 1 aromatic rings. The molecule has 90 valence electrons. The largest absolute Gasteiger partial charge is 0.339 e. The number of rotatable bonds is 4. The van der Waals surface area contributed by atoms with Crippen molar-refractivity contribution in [3.8, 4) is 0 Å². The van der Waals surface area contributed by atoms with Gasteiger partial charge < -0.3 is 10.3 Å². The fourth-order valence-corrected chi connectivity index (χ4v) is 2.09. The number of nitrogens with two attached hydrogens (primary N) is 1. The van der Waals surface area contributed by atoms with Gasteiger partial charge in [0.25, 0.3) is 0 Å². The fraction of sp³-hybridized carbons (Fsp3) is 0.818. The van der Waals surface area contributed by atoms with Crippen molar-refractivity contribution in [3.05, 3.63) is 11.7 Å². The first kappa shape index (κ1) is 11.5. The summed E-state index contributed by atoms with van der Waals surface area (Å²) in [4.78, 5) is 6.64. The Morgan fingerprint density at radius 3 is 2.94 bits per heavy atom. The number of hydrogen-bond acceptors (Lipinski definition) is 5. The van der Waals surface area contributed by atoms with Crippen molar-refractivity contribution in [2.24, 2.45) is 11.7 Å². The highest BCUT2D eigenvalue weighted by Gasteiger charge is 2.27. The van der Waals surface area contributed by atoms with Gasteiger partial charge in [-0.2, -0.15) is 4.98 Å². The highest BCUT2D eigenvalue weighted by atomic mass is 16.5. The van der Waals surface area contributed by atoms with Gasteiger partial charge in [-0.05, 0) is 12.3 Å². The topological polar surface area (TPSA) is 68.2 Å². The summed E-state index contributed by atoms with van der Waals surface area (Å²) in [6.07, 6.45) is 1.90. The monoisotopic (exact) mass is 224 g/mol. The summed E-state index contributed by atoms with van der Waals surface area (Å²) in [7, 11) is 0. The Balaban J connectivity index is 1.89. The first-order valence-corrected chi connectivity index (χ1v) is 5.98. The lowest BCUT2D eigenvalue weighted by molar-refractivity contribution is 0.299. The molecular weight excluding hydrogens is 204 g/mol. The maximum atomic E-state index is 5.97. The molecule has 2 atom stereocenters. The quantitative estimate of drug-likeness (QED) is 0.819. The van der Waals surface area contributed by atoms with Crippen LogP contribution in [0.15, 0.2) is 4.52 Å². The molecule has 2 heterocycles. The lowest BCUT2D eigenvalue weighted by Gasteiger charge is -2.11. The van der Waals surface area contributed by atoms with Crippen LogP contribution in [0.1, 0.15) is 32.0 Å². The van der Waals surface area contributed by atoms with Crippen LogP contribution in [-0.2, 0) is 13.0 Å². The molecule has 0 aromatic carbocycles.